The molecular formula is C28H22ClN3O2S. The quantitative estimate of drug-likeness (QED) is 0.263. The van der Waals surface area contributed by atoms with E-state index >= 15 is 0 Å². The van der Waals surface area contributed by atoms with Crippen molar-refractivity contribution in [3.63, 3.8) is 0 Å². The Morgan fingerprint density at radius 2 is 1.71 bits per heavy atom. The number of aromatic nitrogens is 1. The van der Waals surface area contributed by atoms with Crippen LogP contribution in [0.2, 0.25) is 5.02 Å². The molecule has 5 rings (SSSR count). The molecule has 0 radical (unpaired) electrons. The number of nitrogens with two attached hydrogens (primary N) is 1. The van der Waals surface area contributed by atoms with Crippen molar-refractivity contribution in [2.45, 2.75) is 6.92 Å². The minimum absolute atomic E-state index is 0.260. The molecule has 0 unspecified atom stereocenters. The molecule has 0 saturated carbocycles. The van der Waals surface area contributed by atoms with Gasteiger partial charge in [-0.15, -0.1) is 11.3 Å². The van der Waals surface area contributed by atoms with Gasteiger partial charge in [0, 0.05) is 21.7 Å². The Labute approximate surface area is 212 Å². The molecule has 0 fully saturated rings. The standard InChI is InChI=1S/C28H22ClN3O2S/c1-16-4-3-5-20(14-16)31-27(33)26-25(30)24-22(17-6-10-19(29)11-7-17)15-23(32-28(24)35-26)18-8-12-21(34-2)13-9-18/h3-15H,30H2,1-2H3,(H,31,33). The number of carbonyl (C=O) groups excluding carboxylic acids is 1. The van der Waals surface area contributed by atoms with Crippen molar-refractivity contribution < 1.29 is 9.53 Å². The summed E-state index contributed by atoms with van der Waals surface area (Å²) in [6.07, 6.45) is 0. The first-order valence-electron chi connectivity index (χ1n) is 10.9. The number of fused-ring (bicyclic) bond motifs is 1. The summed E-state index contributed by atoms with van der Waals surface area (Å²) < 4.78 is 5.29. The Hall–Kier alpha value is -3.87. The lowest BCUT2D eigenvalue weighted by Crippen LogP contribution is -2.12. The molecule has 1 amide bonds. The van der Waals surface area contributed by atoms with Crippen molar-refractivity contribution in [2.75, 3.05) is 18.2 Å². The minimum Gasteiger partial charge on any atom is -0.497 e. The van der Waals surface area contributed by atoms with E-state index in [-0.39, 0.29) is 5.91 Å². The number of rotatable bonds is 5. The Kier molecular flexibility index (Phi) is 6.16. The molecule has 2 aromatic heterocycles. The number of ether oxygens (including phenoxy) is 1. The molecule has 3 N–H and O–H groups in total. The Balaban J connectivity index is 1.66. The highest BCUT2D eigenvalue weighted by Gasteiger charge is 2.22. The summed E-state index contributed by atoms with van der Waals surface area (Å²) in [5.74, 6) is 0.507. The lowest BCUT2D eigenvalue weighted by Gasteiger charge is -2.10. The summed E-state index contributed by atoms with van der Waals surface area (Å²) in [6.45, 7) is 1.98. The van der Waals surface area contributed by atoms with Crippen LogP contribution in [0.5, 0.6) is 5.75 Å². The number of hydrogen-bond donors (Lipinski definition) is 2. The molecule has 5 nitrogen and oxygen atoms in total. The first-order valence-corrected chi connectivity index (χ1v) is 12.1. The van der Waals surface area contributed by atoms with E-state index in [1.807, 2.05) is 85.8 Å². The average molecular weight is 500 g/mol. The number of anilines is 2. The van der Waals surface area contributed by atoms with Gasteiger partial charge >= 0.3 is 0 Å². The fourth-order valence-corrected chi connectivity index (χ4v) is 5.11. The van der Waals surface area contributed by atoms with Crippen molar-refractivity contribution in [1.29, 1.82) is 0 Å². The smallest absolute Gasteiger partial charge is 0.267 e. The predicted molar refractivity (Wildman–Crippen MR) is 146 cm³/mol. The van der Waals surface area contributed by atoms with Gasteiger partial charge in [0.1, 0.15) is 15.5 Å². The Morgan fingerprint density at radius 3 is 2.40 bits per heavy atom. The number of thiophene rings is 1. The van der Waals surface area contributed by atoms with Crippen LogP contribution >= 0.6 is 22.9 Å². The second kappa shape index (κ2) is 9.41. The molecule has 0 aliphatic carbocycles. The van der Waals surface area contributed by atoms with Crippen LogP contribution in [0, 0.1) is 6.92 Å². The van der Waals surface area contributed by atoms with Gasteiger partial charge in [0.2, 0.25) is 0 Å². The number of amides is 1. The maximum absolute atomic E-state index is 13.2. The van der Waals surface area contributed by atoms with Crippen LogP contribution in [0.15, 0.2) is 78.9 Å². The Morgan fingerprint density at radius 1 is 1.00 bits per heavy atom. The summed E-state index contributed by atoms with van der Waals surface area (Å²) in [7, 11) is 1.63. The van der Waals surface area contributed by atoms with Crippen LogP contribution in [0.3, 0.4) is 0 Å². The number of pyridine rings is 1. The van der Waals surface area contributed by atoms with Crippen molar-refractivity contribution in [1.82, 2.24) is 4.98 Å². The lowest BCUT2D eigenvalue weighted by atomic mass is 9.99. The average Bonchev–Trinajstić information content (AvgIpc) is 3.20. The topological polar surface area (TPSA) is 77.2 Å². The number of benzene rings is 3. The zero-order valence-electron chi connectivity index (χ0n) is 19.1. The van der Waals surface area contributed by atoms with Crippen molar-refractivity contribution in [3.8, 4) is 28.1 Å². The van der Waals surface area contributed by atoms with Crippen molar-refractivity contribution in [2.24, 2.45) is 0 Å². The van der Waals surface area contributed by atoms with E-state index in [1.165, 1.54) is 11.3 Å². The highest BCUT2D eigenvalue weighted by Crippen LogP contribution is 2.42. The fraction of sp³-hybridized carbons (Fsp3) is 0.0714. The largest absolute Gasteiger partial charge is 0.497 e. The van der Waals surface area contributed by atoms with Gasteiger partial charge in [0.05, 0.1) is 18.5 Å². The fourth-order valence-electron chi connectivity index (χ4n) is 3.97. The molecule has 0 atom stereocenters. The number of hydrogen-bond acceptors (Lipinski definition) is 5. The van der Waals surface area contributed by atoms with Crippen LogP contribution in [-0.2, 0) is 0 Å². The van der Waals surface area contributed by atoms with Gasteiger partial charge in [-0.1, -0.05) is 35.9 Å². The molecule has 2 heterocycles. The third kappa shape index (κ3) is 4.58. The molecular weight excluding hydrogens is 478 g/mol. The van der Waals surface area contributed by atoms with Crippen LogP contribution in [0.4, 0.5) is 11.4 Å². The first-order chi connectivity index (χ1) is 16.9. The highest BCUT2D eigenvalue weighted by atomic mass is 35.5. The molecule has 3 aromatic carbocycles. The number of nitrogens with one attached hydrogen (secondary N) is 1. The molecule has 0 spiro atoms. The van der Waals surface area contributed by atoms with Crippen LogP contribution in [-0.4, -0.2) is 18.0 Å². The van der Waals surface area contributed by atoms with Crippen LogP contribution < -0.4 is 15.8 Å². The molecule has 0 aliphatic heterocycles. The molecule has 0 aliphatic rings. The number of halogens is 1. The number of carbonyl (C=O) groups is 1. The Bertz CT molecular complexity index is 1540. The molecule has 0 saturated heterocycles. The number of nitrogen functional groups attached to an aromatic ring is 1. The lowest BCUT2D eigenvalue weighted by molar-refractivity contribution is 0.103. The third-order valence-corrected chi connectivity index (χ3v) is 7.07. The predicted octanol–water partition coefficient (Wildman–Crippen LogP) is 7.44. The highest BCUT2D eigenvalue weighted by molar-refractivity contribution is 7.21. The van der Waals surface area contributed by atoms with E-state index in [9.17, 15) is 4.79 Å². The summed E-state index contributed by atoms with van der Waals surface area (Å²) in [6, 6.07) is 24.9. The van der Waals surface area contributed by atoms with Gasteiger partial charge in [-0.05, 0) is 78.2 Å². The SMILES string of the molecule is COc1ccc(-c2cc(-c3ccc(Cl)cc3)c3c(N)c(C(=O)Nc4cccc(C)c4)sc3n2)cc1. The van der Waals surface area contributed by atoms with Crippen LogP contribution in [0.1, 0.15) is 15.2 Å². The molecule has 0 bridgehead atoms. The zero-order chi connectivity index (χ0) is 24.5. The number of methoxy groups -OCH3 is 1. The number of nitrogens with zero attached hydrogens (tertiary/aromatic N) is 1. The maximum Gasteiger partial charge on any atom is 0.267 e. The molecule has 174 valence electrons. The van der Waals surface area contributed by atoms with Gasteiger partial charge in [-0.2, -0.15) is 0 Å². The summed E-state index contributed by atoms with van der Waals surface area (Å²) in [5.41, 5.74) is 12.3. The molecule has 35 heavy (non-hydrogen) atoms. The van der Waals surface area contributed by atoms with E-state index in [4.69, 9.17) is 27.1 Å². The van der Waals surface area contributed by atoms with E-state index in [2.05, 4.69) is 5.32 Å². The normalized spacial score (nSPS) is 10.9. The summed E-state index contributed by atoms with van der Waals surface area (Å²) >= 11 is 7.42. The van der Waals surface area contributed by atoms with Gasteiger partial charge < -0.3 is 15.8 Å². The first kappa shape index (κ1) is 22.9. The second-order valence-corrected chi connectivity index (χ2v) is 9.57. The van der Waals surface area contributed by atoms with Gasteiger partial charge in [-0.25, -0.2) is 4.98 Å². The van der Waals surface area contributed by atoms with Gasteiger partial charge in [-0.3, -0.25) is 4.79 Å². The molecule has 7 heteroatoms. The van der Waals surface area contributed by atoms with E-state index < -0.39 is 0 Å². The summed E-state index contributed by atoms with van der Waals surface area (Å²) in [5, 5.41) is 4.36. The third-order valence-electron chi connectivity index (χ3n) is 5.72. The van der Waals surface area contributed by atoms with E-state index in [1.54, 1.807) is 7.11 Å². The van der Waals surface area contributed by atoms with E-state index in [0.717, 1.165) is 44.8 Å². The van der Waals surface area contributed by atoms with E-state index in [0.29, 0.717) is 20.4 Å². The monoisotopic (exact) mass is 499 g/mol. The number of aryl methyl sites for hydroxylation is 1. The van der Waals surface area contributed by atoms with Crippen molar-refractivity contribution in [3.05, 3.63) is 94.3 Å². The van der Waals surface area contributed by atoms with Gasteiger partial charge in [0.25, 0.3) is 5.91 Å². The zero-order valence-corrected chi connectivity index (χ0v) is 20.7. The summed E-state index contributed by atoms with van der Waals surface area (Å²) in [4.78, 5) is 19.2. The van der Waals surface area contributed by atoms with Crippen molar-refractivity contribution >= 4 is 50.4 Å². The second-order valence-electron chi connectivity index (χ2n) is 8.14. The molecule has 5 aromatic rings. The van der Waals surface area contributed by atoms with Gasteiger partial charge in [0.15, 0.2) is 0 Å². The minimum atomic E-state index is -0.260. The van der Waals surface area contributed by atoms with Crippen LogP contribution in [0.25, 0.3) is 32.6 Å². The maximum atomic E-state index is 13.2.